The first-order valence-electron chi connectivity index (χ1n) is 7.50. The fraction of sp³-hybridized carbons (Fsp3) is 0.438. The average molecular weight is 301 g/mol. The summed E-state index contributed by atoms with van der Waals surface area (Å²) in [6.45, 7) is 2.25. The highest BCUT2D eigenvalue weighted by molar-refractivity contribution is 5.94. The molecule has 6 nitrogen and oxygen atoms in total. The van der Waals surface area contributed by atoms with E-state index < -0.39 is 0 Å². The molecule has 2 aromatic rings. The molecule has 1 aromatic heterocycles. The van der Waals surface area contributed by atoms with Gasteiger partial charge in [-0.15, -0.1) is 10.2 Å². The number of hydrogen-bond donors (Lipinski definition) is 2. The predicted molar refractivity (Wildman–Crippen MR) is 80.2 cm³/mol. The van der Waals surface area contributed by atoms with Gasteiger partial charge in [-0.05, 0) is 37.1 Å². The van der Waals surface area contributed by atoms with Crippen molar-refractivity contribution < 1.29 is 14.3 Å². The van der Waals surface area contributed by atoms with E-state index >= 15 is 0 Å². The van der Waals surface area contributed by atoms with Crippen molar-refractivity contribution in [1.29, 1.82) is 0 Å². The number of aliphatic hydroxyl groups is 1. The third-order valence-corrected chi connectivity index (χ3v) is 4.06. The number of carbonyl (C=O) groups is 1. The van der Waals surface area contributed by atoms with E-state index in [-0.39, 0.29) is 17.9 Å². The summed E-state index contributed by atoms with van der Waals surface area (Å²) in [5, 5.41) is 20.4. The maximum atomic E-state index is 12.1. The standard InChI is InChI=1S/C16H19N3O3/c1-10-18-19-16(22-10)12-7-5-11(6-8-12)15(21)17-9-13-3-2-4-14(13)20/h5-8,13-14,20H,2-4,9H2,1H3,(H,17,21). The Hall–Kier alpha value is -2.21. The molecule has 2 atom stereocenters. The van der Waals surface area contributed by atoms with Crippen LogP contribution in [0.3, 0.4) is 0 Å². The largest absolute Gasteiger partial charge is 0.421 e. The lowest BCUT2D eigenvalue weighted by atomic mass is 10.1. The van der Waals surface area contributed by atoms with Crippen LogP contribution in [0.5, 0.6) is 0 Å². The van der Waals surface area contributed by atoms with Crippen LogP contribution < -0.4 is 5.32 Å². The summed E-state index contributed by atoms with van der Waals surface area (Å²) in [6, 6.07) is 7.03. The fourth-order valence-electron chi connectivity index (χ4n) is 2.76. The topological polar surface area (TPSA) is 88.2 Å². The van der Waals surface area contributed by atoms with Gasteiger partial charge in [-0.3, -0.25) is 4.79 Å². The predicted octanol–water partition coefficient (Wildman–Crippen LogP) is 1.94. The smallest absolute Gasteiger partial charge is 0.251 e. The third kappa shape index (κ3) is 3.17. The number of hydrogen-bond acceptors (Lipinski definition) is 5. The van der Waals surface area contributed by atoms with Gasteiger partial charge in [0, 0.05) is 30.5 Å². The first-order chi connectivity index (χ1) is 10.6. The van der Waals surface area contributed by atoms with E-state index in [9.17, 15) is 9.90 Å². The van der Waals surface area contributed by atoms with Gasteiger partial charge >= 0.3 is 0 Å². The Balaban J connectivity index is 1.61. The third-order valence-electron chi connectivity index (χ3n) is 4.06. The molecule has 3 rings (SSSR count). The second kappa shape index (κ2) is 6.27. The number of aliphatic hydroxyl groups excluding tert-OH is 1. The van der Waals surface area contributed by atoms with Gasteiger partial charge in [0.25, 0.3) is 5.91 Å². The van der Waals surface area contributed by atoms with Gasteiger partial charge in [-0.25, -0.2) is 0 Å². The van der Waals surface area contributed by atoms with Crippen LogP contribution in [0.2, 0.25) is 0 Å². The number of aromatic nitrogens is 2. The van der Waals surface area contributed by atoms with E-state index in [1.807, 2.05) is 0 Å². The van der Waals surface area contributed by atoms with Crippen LogP contribution in [0.1, 0.15) is 35.5 Å². The lowest BCUT2D eigenvalue weighted by Gasteiger charge is -2.15. The minimum Gasteiger partial charge on any atom is -0.421 e. The summed E-state index contributed by atoms with van der Waals surface area (Å²) >= 11 is 0. The van der Waals surface area contributed by atoms with Gasteiger partial charge in [-0.1, -0.05) is 6.42 Å². The quantitative estimate of drug-likeness (QED) is 0.901. The van der Waals surface area contributed by atoms with Gasteiger partial charge in [0.1, 0.15) is 0 Å². The molecule has 1 aliphatic carbocycles. The highest BCUT2D eigenvalue weighted by atomic mass is 16.4. The summed E-state index contributed by atoms with van der Waals surface area (Å²) in [7, 11) is 0. The maximum absolute atomic E-state index is 12.1. The summed E-state index contributed by atoms with van der Waals surface area (Å²) in [4.78, 5) is 12.1. The molecule has 1 aliphatic rings. The average Bonchev–Trinajstić information content (AvgIpc) is 3.13. The van der Waals surface area contributed by atoms with E-state index in [0.717, 1.165) is 24.8 Å². The van der Waals surface area contributed by atoms with Crippen LogP contribution in [0, 0.1) is 12.8 Å². The first-order valence-corrected chi connectivity index (χ1v) is 7.50. The molecule has 1 fully saturated rings. The van der Waals surface area contributed by atoms with Crippen LogP contribution in [0.4, 0.5) is 0 Å². The Bertz CT molecular complexity index is 651. The SMILES string of the molecule is Cc1nnc(-c2ccc(C(=O)NCC3CCCC3O)cc2)o1. The van der Waals surface area contributed by atoms with Gasteiger partial charge in [-0.2, -0.15) is 0 Å². The van der Waals surface area contributed by atoms with Crippen molar-refractivity contribution >= 4 is 5.91 Å². The van der Waals surface area contributed by atoms with Crippen LogP contribution in [0.25, 0.3) is 11.5 Å². The summed E-state index contributed by atoms with van der Waals surface area (Å²) < 4.78 is 5.35. The van der Waals surface area contributed by atoms with Gasteiger partial charge in [0.2, 0.25) is 11.8 Å². The molecule has 0 radical (unpaired) electrons. The van der Waals surface area contributed by atoms with E-state index in [1.165, 1.54) is 0 Å². The number of nitrogens with one attached hydrogen (secondary N) is 1. The van der Waals surface area contributed by atoms with Crippen LogP contribution in [0.15, 0.2) is 28.7 Å². The molecule has 22 heavy (non-hydrogen) atoms. The molecule has 1 heterocycles. The minimum atomic E-state index is -0.288. The zero-order valence-electron chi connectivity index (χ0n) is 12.5. The molecule has 116 valence electrons. The van der Waals surface area contributed by atoms with Crippen molar-refractivity contribution in [2.45, 2.75) is 32.3 Å². The highest BCUT2D eigenvalue weighted by Gasteiger charge is 2.25. The molecule has 2 N–H and O–H groups in total. The van der Waals surface area contributed by atoms with Crippen molar-refractivity contribution in [1.82, 2.24) is 15.5 Å². The number of benzene rings is 1. The Kier molecular flexibility index (Phi) is 4.20. The van der Waals surface area contributed by atoms with E-state index in [2.05, 4.69) is 15.5 Å². The molecule has 1 saturated carbocycles. The monoisotopic (exact) mass is 301 g/mol. The normalized spacial score (nSPS) is 21.0. The second-order valence-corrected chi connectivity index (χ2v) is 5.67. The molecular formula is C16H19N3O3. The number of rotatable bonds is 4. The molecular weight excluding hydrogens is 282 g/mol. The molecule has 1 aromatic carbocycles. The van der Waals surface area contributed by atoms with Gasteiger partial charge < -0.3 is 14.8 Å². The van der Waals surface area contributed by atoms with Gasteiger partial charge in [0.05, 0.1) is 6.10 Å². The van der Waals surface area contributed by atoms with Crippen LogP contribution in [-0.2, 0) is 0 Å². The Labute approximate surface area is 128 Å². The maximum Gasteiger partial charge on any atom is 0.251 e. The minimum absolute atomic E-state index is 0.132. The Morgan fingerprint density at radius 3 is 2.68 bits per heavy atom. The molecule has 0 spiro atoms. The zero-order valence-corrected chi connectivity index (χ0v) is 12.5. The Morgan fingerprint density at radius 1 is 1.32 bits per heavy atom. The van der Waals surface area contributed by atoms with E-state index in [0.29, 0.717) is 23.9 Å². The van der Waals surface area contributed by atoms with Crippen molar-refractivity contribution in [2.75, 3.05) is 6.54 Å². The molecule has 0 saturated heterocycles. The molecule has 0 aliphatic heterocycles. The molecule has 0 bridgehead atoms. The molecule has 6 heteroatoms. The lowest BCUT2D eigenvalue weighted by molar-refractivity contribution is 0.0917. The summed E-state index contributed by atoms with van der Waals surface area (Å²) in [5.41, 5.74) is 1.36. The van der Waals surface area contributed by atoms with E-state index in [4.69, 9.17) is 4.42 Å². The summed E-state index contributed by atoms with van der Waals surface area (Å²) in [6.07, 6.45) is 2.54. The lowest BCUT2D eigenvalue weighted by Crippen LogP contribution is -2.32. The van der Waals surface area contributed by atoms with Crippen LogP contribution >= 0.6 is 0 Å². The van der Waals surface area contributed by atoms with Crippen molar-refractivity contribution in [3.05, 3.63) is 35.7 Å². The first kappa shape index (κ1) is 14.7. The highest BCUT2D eigenvalue weighted by Crippen LogP contribution is 2.24. The molecule has 2 unspecified atom stereocenters. The molecule has 1 amide bonds. The number of carbonyl (C=O) groups excluding carboxylic acids is 1. The number of nitrogens with zero attached hydrogens (tertiary/aromatic N) is 2. The van der Waals surface area contributed by atoms with Crippen molar-refractivity contribution in [2.24, 2.45) is 5.92 Å². The van der Waals surface area contributed by atoms with Crippen molar-refractivity contribution in [3.63, 3.8) is 0 Å². The number of amides is 1. The number of aryl methyl sites for hydroxylation is 1. The van der Waals surface area contributed by atoms with E-state index in [1.54, 1.807) is 31.2 Å². The van der Waals surface area contributed by atoms with Crippen LogP contribution in [-0.4, -0.2) is 33.9 Å². The Morgan fingerprint density at radius 2 is 2.09 bits per heavy atom. The second-order valence-electron chi connectivity index (χ2n) is 5.67. The van der Waals surface area contributed by atoms with Gasteiger partial charge in [0.15, 0.2) is 0 Å². The zero-order chi connectivity index (χ0) is 15.5. The fourth-order valence-corrected chi connectivity index (χ4v) is 2.76. The van der Waals surface area contributed by atoms with Crippen molar-refractivity contribution in [3.8, 4) is 11.5 Å². The summed E-state index contributed by atoms with van der Waals surface area (Å²) in [5.74, 6) is 0.988.